The van der Waals surface area contributed by atoms with Crippen LogP contribution in [0, 0.1) is 0 Å². The lowest BCUT2D eigenvalue weighted by Crippen LogP contribution is -2.08. The smallest absolute Gasteiger partial charge is 0.218 e. The number of hydrogen-bond acceptors (Lipinski definition) is 5. The Morgan fingerprint density at radius 2 is 2.35 bits per heavy atom. The second-order valence-corrected chi connectivity index (χ2v) is 3.46. The predicted octanol–water partition coefficient (Wildman–Crippen LogP) is 1.31. The van der Waals surface area contributed by atoms with E-state index in [4.69, 9.17) is 4.74 Å². The number of aryl methyl sites for hydroxylation is 1. The van der Waals surface area contributed by atoms with E-state index in [-0.39, 0.29) is 0 Å². The minimum atomic E-state index is 0.629. The van der Waals surface area contributed by atoms with E-state index < -0.39 is 0 Å². The first kappa shape index (κ1) is 11.4. The van der Waals surface area contributed by atoms with Gasteiger partial charge in [0.1, 0.15) is 5.82 Å². The highest BCUT2D eigenvalue weighted by Gasteiger charge is 2.05. The normalized spacial score (nSPS) is 10.2. The molecule has 0 aromatic carbocycles. The Morgan fingerprint density at radius 3 is 3.12 bits per heavy atom. The molecule has 0 spiro atoms. The molecule has 0 aliphatic heterocycles. The third kappa shape index (κ3) is 2.52. The first-order valence-corrected chi connectivity index (χ1v) is 5.45. The van der Waals surface area contributed by atoms with E-state index >= 15 is 0 Å². The Hall–Kier alpha value is -2.11. The standard InChI is InChI=1S/C11H15N5O/c1-3-16-10(8-14-15-16)13-7-9-5-4-6-12-11(9)17-2/h4-6,8,13H,3,7H2,1-2H3. The first-order chi connectivity index (χ1) is 8.35. The van der Waals surface area contributed by atoms with Gasteiger partial charge in [-0.05, 0) is 13.0 Å². The highest BCUT2D eigenvalue weighted by Crippen LogP contribution is 2.15. The molecule has 2 aromatic rings. The molecule has 6 heteroatoms. The van der Waals surface area contributed by atoms with Gasteiger partial charge in [0.2, 0.25) is 5.88 Å². The van der Waals surface area contributed by atoms with Gasteiger partial charge in [0.25, 0.3) is 0 Å². The first-order valence-electron chi connectivity index (χ1n) is 5.45. The lowest BCUT2D eigenvalue weighted by molar-refractivity contribution is 0.393. The number of methoxy groups -OCH3 is 1. The fourth-order valence-corrected chi connectivity index (χ4v) is 1.56. The molecule has 2 aromatic heterocycles. The van der Waals surface area contributed by atoms with E-state index in [1.165, 1.54) is 0 Å². The average molecular weight is 233 g/mol. The molecule has 0 fully saturated rings. The van der Waals surface area contributed by atoms with Gasteiger partial charge >= 0.3 is 0 Å². The van der Waals surface area contributed by atoms with Crippen molar-refractivity contribution in [2.45, 2.75) is 20.0 Å². The number of rotatable bonds is 5. The highest BCUT2D eigenvalue weighted by atomic mass is 16.5. The van der Waals surface area contributed by atoms with Gasteiger partial charge in [0.15, 0.2) is 0 Å². The number of nitrogens with one attached hydrogen (secondary N) is 1. The van der Waals surface area contributed by atoms with Gasteiger partial charge in [-0.2, -0.15) is 0 Å². The fraction of sp³-hybridized carbons (Fsp3) is 0.364. The zero-order chi connectivity index (χ0) is 12.1. The summed E-state index contributed by atoms with van der Waals surface area (Å²) in [7, 11) is 1.61. The molecule has 2 rings (SSSR count). The molecule has 2 heterocycles. The van der Waals surface area contributed by atoms with Crippen LogP contribution in [0.15, 0.2) is 24.5 Å². The number of hydrogen-bond donors (Lipinski definition) is 1. The third-order valence-electron chi connectivity index (χ3n) is 2.42. The van der Waals surface area contributed by atoms with Crippen molar-refractivity contribution in [1.82, 2.24) is 20.0 Å². The molecule has 0 saturated carbocycles. The van der Waals surface area contributed by atoms with Crippen molar-refractivity contribution in [2.24, 2.45) is 0 Å². The van der Waals surface area contributed by atoms with Crippen molar-refractivity contribution in [3.63, 3.8) is 0 Å². The van der Waals surface area contributed by atoms with Gasteiger partial charge in [-0.15, -0.1) is 5.10 Å². The minimum absolute atomic E-state index is 0.629. The second kappa shape index (κ2) is 5.29. The lowest BCUT2D eigenvalue weighted by Gasteiger charge is -2.09. The number of aromatic nitrogens is 4. The van der Waals surface area contributed by atoms with E-state index in [9.17, 15) is 0 Å². The van der Waals surface area contributed by atoms with Crippen LogP contribution in [0.25, 0.3) is 0 Å². The van der Waals surface area contributed by atoms with Crippen LogP contribution in [0.3, 0.4) is 0 Å². The lowest BCUT2D eigenvalue weighted by atomic mass is 10.2. The van der Waals surface area contributed by atoms with Crippen LogP contribution < -0.4 is 10.1 Å². The summed E-state index contributed by atoms with van der Waals surface area (Å²) in [5.74, 6) is 1.52. The van der Waals surface area contributed by atoms with Crippen molar-refractivity contribution in [3.8, 4) is 5.88 Å². The molecule has 1 N–H and O–H groups in total. The van der Waals surface area contributed by atoms with Crippen LogP contribution in [-0.4, -0.2) is 27.1 Å². The highest BCUT2D eigenvalue weighted by molar-refractivity contribution is 5.35. The summed E-state index contributed by atoms with van der Waals surface area (Å²) < 4.78 is 6.98. The van der Waals surface area contributed by atoms with Gasteiger partial charge in [-0.25, -0.2) is 9.67 Å². The van der Waals surface area contributed by atoms with Crippen molar-refractivity contribution >= 4 is 5.82 Å². The van der Waals surface area contributed by atoms with Crippen molar-refractivity contribution < 1.29 is 4.74 Å². The summed E-state index contributed by atoms with van der Waals surface area (Å²) in [4.78, 5) is 4.14. The third-order valence-corrected chi connectivity index (χ3v) is 2.42. The molecular formula is C11H15N5O. The van der Waals surface area contributed by atoms with Gasteiger partial charge in [0.05, 0.1) is 13.3 Å². The maximum atomic E-state index is 5.18. The monoisotopic (exact) mass is 233 g/mol. The largest absolute Gasteiger partial charge is 0.481 e. The molecule has 0 amide bonds. The summed E-state index contributed by atoms with van der Waals surface area (Å²) in [5, 5.41) is 11.1. The zero-order valence-corrected chi connectivity index (χ0v) is 9.92. The Bertz CT molecular complexity index is 482. The van der Waals surface area contributed by atoms with E-state index in [0.29, 0.717) is 12.4 Å². The Balaban J connectivity index is 2.07. The van der Waals surface area contributed by atoms with E-state index in [0.717, 1.165) is 17.9 Å². The molecule has 0 unspecified atom stereocenters. The number of pyridine rings is 1. The van der Waals surface area contributed by atoms with Crippen molar-refractivity contribution in [3.05, 3.63) is 30.1 Å². The second-order valence-electron chi connectivity index (χ2n) is 3.46. The van der Waals surface area contributed by atoms with Crippen molar-refractivity contribution in [2.75, 3.05) is 12.4 Å². The van der Waals surface area contributed by atoms with E-state index in [1.54, 1.807) is 24.2 Å². The number of ether oxygens (including phenoxy) is 1. The number of anilines is 1. The maximum absolute atomic E-state index is 5.18. The van der Waals surface area contributed by atoms with Crippen LogP contribution in [0.2, 0.25) is 0 Å². The molecule has 0 radical (unpaired) electrons. The van der Waals surface area contributed by atoms with Crippen LogP contribution >= 0.6 is 0 Å². The summed E-state index contributed by atoms with van der Waals surface area (Å²) in [5.41, 5.74) is 0.999. The maximum Gasteiger partial charge on any atom is 0.218 e. The average Bonchev–Trinajstić information content (AvgIpc) is 2.84. The molecule has 17 heavy (non-hydrogen) atoms. The predicted molar refractivity (Wildman–Crippen MR) is 63.8 cm³/mol. The van der Waals surface area contributed by atoms with Crippen LogP contribution in [0.1, 0.15) is 12.5 Å². The summed E-state index contributed by atoms with van der Waals surface area (Å²) >= 11 is 0. The topological polar surface area (TPSA) is 64.9 Å². The van der Waals surface area contributed by atoms with E-state index in [1.807, 2.05) is 19.1 Å². The molecule has 0 bridgehead atoms. The van der Waals surface area contributed by atoms with Crippen LogP contribution in [-0.2, 0) is 13.1 Å². The quantitative estimate of drug-likeness (QED) is 0.843. The summed E-state index contributed by atoms with van der Waals surface area (Å²) in [6.45, 7) is 3.43. The number of nitrogens with zero attached hydrogens (tertiary/aromatic N) is 4. The molecule has 0 aliphatic carbocycles. The van der Waals surface area contributed by atoms with Crippen molar-refractivity contribution in [1.29, 1.82) is 0 Å². The molecule has 0 atom stereocenters. The van der Waals surface area contributed by atoms with Gasteiger partial charge in [-0.1, -0.05) is 11.3 Å². The molecular weight excluding hydrogens is 218 g/mol. The van der Waals surface area contributed by atoms with Gasteiger partial charge in [0, 0.05) is 24.8 Å². The zero-order valence-electron chi connectivity index (χ0n) is 9.92. The minimum Gasteiger partial charge on any atom is -0.481 e. The summed E-state index contributed by atoms with van der Waals surface area (Å²) in [6, 6.07) is 3.85. The summed E-state index contributed by atoms with van der Waals surface area (Å²) in [6.07, 6.45) is 3.41. The van der Waals surface area contributed by atoms with E-state index in [2.05, 4.69) is 20.6 Å². The van der Waals surface area contributed by atoms with Crippen LogP contribution in [0.5, 0.6) is 5.88 Å². The SMILES string of the molecule is CCn1nncc1NCc1cccnc1OC. The Morgan fingerprint density at radius 1 is 1.47 bits per heavy atom. The molecule has 0 aliphatic rings. The van der Waals surface area contributed by atoms with Gasteiger partial charge in [-0.3, -0.25) is 0 Å². The molecule has 90 valence electrons. The van der Waals surface area contributed by atoms with Crippen LogP contribution in [0.4, 0.5) is 5.82 Å². The molecule has 0 saturated heterocycles. The van der Waals surface area contributed by atoms with Gasteiger partial charge < -0.3 is 10.1 Å². The fourth-order valence-electron chi connectivity index (χ4n) is 1.56. The Labute approximate surface area is 99.6 Å². The Kier molecular flexibility index (Phi) is 3.54. The molecule has 6 nitrogen and oxygen atoms in total.